The number of piperidine rings is 1. The van der Waals surface area contributed by atoms with Gasteiger partial charge in [0, 0.05) is 38.1 Å². The molecule has 18 heavy (non-hydrogen) atoms. The van der Waals surface area contributed by atoms with Crippen molar-refractivity contribution in [2.45, 2.75) is 63.6 Å². The van der Waals surface area contributed by atoms with Crippen molar-refractivity contribution in [2.24, 2.45) is 0 Å². The molecule has 0 aromatic rings. The number of nitrogens with zero attached hydrogens (tertiary/aromatic N) is 1. The summed E-state index contributed by atoms with van der Waals surface area (Å²) >= 11 is 0. The van der Waals surface area contributed by atoms with Crippen molar-refractivity contribution in [3.63, 3.8) is 0 Å². The fraction of sp³-hybridized carbons (Fsp3) is 0.929. The highest BCUT2D eigenvalue weighted by Gasteiger charge is 2.28. The molecule has 104 valence electrons. The molecular formula is C14H27N3O. The number of rotatable bonds is 3. The third-order valence-corrected chi connectivity index (χ3v) is 4.56. The quantitative estimate of drug-likeness (QED) is 0.792. The SMILES string of the molecule is CNC1CCC(N2CCC(NC(C)=O)CC2)CC1. The maximum Gasteiger partial charge on any atom is 0.217 e. The summed E-state index contributed by atoms with van der Waals surface area (Å²) in [4.78, 5) is 13.7. The molecule has 0 aromatic heterocycles. The van der Waals surface area contributed by atoms with Crippen LogP contribution in [0.25, 0.3) is 0 Å². The van der Waals surface area contributed by atoms with Gasteiger partial charge in [0.25, 0.3) is 0 Å². The Bertz CT molecular complexity index is 266. The molecule has 2 fully saturated rings. The molecular weight excluding hydrogens is 226 g/mol. The van der Waals surface area contributed by atoms with Crippen LogP contribution in [0.4, 0.5) is 0 Å². The Morgan fingerprint density at radius 3 is 2.11 bits per heavy atom. The first-order valence-corrected chi connectivity index (χ1v) is 7.37. The van der Waals surface area contributed by atoms with Gasteiger partial charge >= 0.3 is 0 Å². The molecule has 0 bridgehead atoms. The summed E-state index contributed by atoms with van der Waals surface area (Å²) in [5, 5.41) is 6.44. The lowest BCUT2D eigenvalue weighted by molar-refractivity contribution is -0.120. The van der Waals surface area contributed by atoms with E-state index in [-0.39, 0.29) is 5.91 Å². The maximum atomic E-state index is 11.0. The summed E-state index contributed by atoms with van der Waals surface area (Å²) in [6.45, 7) is 3.92. The monoisotopic (exact) mass is 253 g/mol. The molecule has 1 heterocycles. The molecule has 1 saturated heterocycles. The van der Waals surface area contributed by atoms with Crippen LogP contribution in [-0.4, -0.2) is 49.1 Å². The van der Waals surface area contributed by atoms with E-state index in [1.54, 1.807) is 6.92 Å². The molecule has 4 nitrogen and oxygen atoms in total. The molecule has 1 saturated carbocycles. The Hall–Kier alpha value is -0.610. The van der Waals surface area contributed by atoms with Crippen LogP contribution in [0.2, 0.25) is 0 Å². The summed E-state index contributed by atoms with van der Waals surface area (Å²) in [6.07, 6.45) is 7.52. The Labute approximate surface area is 110 Å². The molecule has 1 aliphatic heterocycles. The smallest absolute Gasteiger partial charge is 0.217 e. The van der Waals surface area contributed by atoms with Gasteiger partial charge in [-0.05, 0) is 45.6 Å². The zero-order valence-electron chi connectivity index (χ0n) is 11.7. The van der Waals surface area contributed by atoms with Gasteiger partial charge in [-0.1, -0.05) is 0 Å². The largest absolute Gasteiger partial charge is 0.354 e. The molecule has 2 N–H and O–H groups in total. The highest BCUT2D eigenvalue weighted by Crippen LogP contribution is 2.25. The summed E-state index contributed by atoms with van der Waals surface area (Å²) in [7, 11) is 2.07. The van der Waals surface area contributed by atoms with E-state index in [4.69, 9.17) is 0 Å². The zero-order chi connectivity index (χ0) is 13.0. The number of amides is 1. The van der Waals surface area contributed by atoms with Crippen LogP contribution in [-0.2, 0) is 4.79 Å². The van der Waals surface area contributed by atoms with Gasteiger partial charge in [-0.25, -0.2) is 0 Å². The average Bonchev–Trinajstić information content (AvgIpc) is 2.39. The van der Waals surface area contributed by atoms with E-state index in [0.29, 0.717) is 6.04 Å². The van der Waals surface area contributed by atoms with Crippen LogP contribution in [0.3, 0.4) is 0 Å². The molecule has 0 atom stereocenters. The van der Waals surface area contributed by atoms with Crippen LogP contribution in [0, 0.1) is 0 Å². The summed E-state index contributed by atoms with van der Waals surface area (Å²) in [5.74, 6) is 0.114. The molecule has 4 heteroatoms. The van der Waals surface area contributed by atoms with Crippen molar-refractivity contribution in [1.82, 2.24) is 15.5 Å². The number of hydrogen-bond acceptors (Lipinski definition) is 3. The van der Waals surface area contributed by atoms with Crippen LogP contribution >= 0.6 is 0 Å². The molecule has 0 unspecified atom stereocenters. The Morgan fingerprint density at radius 1 is 1.00 bits per heavy atom. The van der Waals surface area contributed by atoms with E-state index in [1.165, 1.54) is 25.7 Å². The van der Waals surface area contributed by atoms with Crippen molar-refractivity contribution in [3.05, 3.63) is 0 Å². The minimum Gasteiger partial charge on any atom is -0.354 e. The van der Waals surface area contributed by atoms with Gasteiger partial charge in [0.1, 0.15) is 0 Å². The second-order valence-corrected chi connectivity index (χ2v) is 5.80. The van der Waals surface area contributed by atoms with E-state index in [1.807, 2.05) is 0 Å². The normalized spacial score (nSPS) is 31.2. The van der Waals surface area contributed by atoms with E-state index in [9.17, 15) is 4.79 Å². The van der Waals surface area contributed by atoms with Crippen LogP contribution in [0.15, 0.2) is 0 Å². The van der Waals surface area contributed by atoms with Gasteiger partial charge in [-0.15, -0.1) is 0 Å². The Morgan fingerprint density at radius 2 is 1.61 bits per heavy atom. The van der Waals surface area contributed by atoms with Gasteiger partial charge in [-0.2, -0.15) is 0 Å². The lowest BCUT2D eigenvalue weighted by Crippen LogP contribution is -2.49. The second kappa shape index (κ2) is 6.53. The molecule has 0 aromatic carbocycles. The highest BCUT2D eigenvalue weighted by molar-refractivity contribution is 5.73. The van der Waals surface area contributed by atoms with Crippen molar-refractivity contribution < 1.29 is 4.79 Å². The molecule has 1 amide bonds. The number of carbonyl (C=O) groups is 1. The average molecular weight is 253 g/mol. The first-order chi connectivity index (χ1) is 8.69. The third kappa shape index (κ3) is 3.69. The number of likely N-dealkylation sites (tertiary alicyclic amines) is 1. The van der Waals surface area contributed by atoms with Gasteiger partial charge in [0.2, 0.25) is 5.91 Å². The second-order valence-electron chi connectivity index (χ2n) is 5.80. The molecule has 2 rings (SSSR count). The summed E-state index contributed by atoms with van der Waals surface area (Å²) in [5.41, 5.74) is 0. The molecule has 0 spiro atoms. The van der Waals surface area contributed by atoms with E-state index < -0.39 is 0 Å². The summed E-state index contributed by atoms with van der Waals surface area (Å²) in [6, 6.07) is 1.93. The molecule has 2 aliphatic rings. The third-order valence-electron chi connectivity index (χ3n) is 4.56. The number of carbonyl (C=O) groups excluding carboxylic acids is 1. The van der Waals surface area contributed by atoms with Gasteiger partial charge in [-0.3, -0.25) is 4.79 Å². The van der Waals surface area contributed by atoms with E-state index in [0.717, 1.165) is 38.0 Å². The fourth-order valence-corrected chi connectivity index (χ4v) is 3.43. The zero-order valence-corrected chi connectivity index (χ0v) is 11.7. The lowest BCUT2D eigenvalue weighted by atomic mass is 9.89. The van der Waals surface area contributed by atoms with Crippen molar-refractivity contribution in [2.75, 3.05) is 20.1 Å². The van der Waals surface area contributed by atoms with Gasteiger partial charge in [0.15, 0.2) is 0 Å². The van der Waals surface area contributed by atoms with Crippen LogP contribution in [0.5, 0.6) is 0 Å². The first kappa shape index (κ1) is 13.8. The number of hydrogen-bond donors (Lipinski definition) is 2. The standard InChI is InChI=1S/C14H27N3O/c1-11(18)16-13-7-9-17(10-8-13)14-5-3-12(15-2)4-6-14/h12-15H,3-10H2,1-2H3,(H,16,18). The van der Waals surface area contributed by atoms with E-state index in [2.05, 4.69) is 22.6 Å². The lowest BCUT2D eigenvalue weighted by Gasteiger charge is -2.40. The number of nitrogens with one attached hydrogen (secondary N) is 2. The fourth-order valence-electron chi connectivity index (χ4n) is 3.43. The Kier molecular flexibility index (Phi) is 5.01. The highest BCUT2D eigenvalue weighted by atomic mass is 16.1. The topological polar surface area (TPSA) is 44.4 Å². The first-order valence-electron chi connectivity index (χ1n) is 7.37. The predicted molar refractivity (Wildman–Crippen MR) is 73.5 cm³/mol. The van der Waals surface area contributed by atoms with Gasteiger partial charge in [0.05, 0.1) is 0 Å². The van der Waals surface area contributed by atoms with Crippen LogP contribution in [0.1, 0.15) is 45.4 Å². The van der Waals surface area contributed by atoms with Crippen molar-refractivity contribution in [1.29, 1.82) is 0 Å². The molecule has 0 radical (unpaired) electrons. The molecule has 1 aliphatic carbocycles. The van der Waals surface area contributed by atoms with Crippen molar-refractivity contribution >= 4 is 5.91 Å². The Balaban J connectivity index is 1.71. The minimum absolute atomic E-state index is 0.114. The van der Waals surface area contributed by atoms with Crippen molar-refractivity contribution in [3.8, 4) is 0 Å². The van der Waals surface area contributed by atoms with E-state index >= 15 is 0 Å². The summed E-state index contributed by atoms with van der Waals surface area (Å²) < 4.78 is 0. The predicted octanol–water partition coefficient (Wildman–Crippen LogP) is 1.12. The van der Waals surface area contributed by atoms with Gasteiger partial charge < -0.3 is 15.5 Å². The minimum atomic E-state index is 0.114. The van der Waals surface area contributed by atoms with Crippen LogP contribution < -0.4 is 10.6 Å². The maximum absolute atomic E-state index is 11.0.